The van der Waals surface area contributed by atoms with Gasteiger partial charge >= 0.3 is 6.03 Å². The summed E-state index contributed by atoms with van der Waals surface area (Å²) in [5, 5.41) is 11.5. The Labute approximate surface area is 157 Å². The lowest BCUT2D eigenvalue weighted by Crippen LogP contribution is -2.44. The molecule has 7 heteroatoms. The third-order valence-corrected chi connectivity index (χ3v) is 4.51. The highest BCUT2D eigenvalue weighted by molar-refractivity contribution is 6.16. The Balaban J connectivity index is 1.83. The molecule has 7 nitrogen and oxygen atoms in total. The number of carbonyl (C=O) groups excluding carboxylic acids is 2. The van der Waals surface area contributed by atoms with E-state index in [-0.39, 0.29) is 11.8 Å². The van der Waals surface area contributed by atoms with Gasteiger partial charge in [-0.25, -0.2) is 9.78 Å². The molecule has 1 fully saturated rings. The van der Waals surface area contributed by atoms with E-state index in [2.05, 4.69) is 16.4 Å². The second-order valence-electron chi connectivity index (χ2n) is 7.13. The number of urea groups is 1. The molecule has 2 heterocycles. The van der Waals surface area contributed by atoms with E-state index in [4.69, 9.17) is 4.74 Å². The first-order valence-electron chi connectivity index (χ1n) is 8.57. The highest BCUT2D eigenvalue weighted by Gasteiger charge is 2.46. The van der Waals surface area contributed by atoms with Crippen LogP contribution >= 0.6 is 0 Å². The molecule has 1 aliphatic heterocycles. The van der Waals surface area contributed by atoms with E-state index in [0.29, 0.717) is 22.9 Å². The van der Waals surface area contributed by atoms with Gasteiger partial charge in [-0.3, -0.25) is 15.0 Å². The van der Waals surface area contributed by atoms with Gasteiger partial charge in [-0.05, 0) is 49.6 Å². The highest BCUT2D eigenvalue weighted by Crippen LogP contribution is 2.31. The third kappa shape index (κ3) is 3.34. The summed E-state index contributed by atoms with van der Waals surface area (Å²) < 4.78 is 5.78. The van der Waals surface area contributed by atoms with E-state index in [9.17, 15) is 14.9 Å². The second-order valence-corrected chi connectivity index (χ2v) is 7.13. The van der Waals surface area contributed by atoms with E-state index in [1.165, 1.54) is 11.1 Å². The van der Waals surface area contributed by atoms with Crippen LogP contribution in [-0.4, -0.2) is 22.5 Å². The van der Waals surface area contributed by atoms with Gasteiger partial charge in [0.2, 0.25) is 5.88 Å². The quantitative estimate of drug-likeness (QED) is 0.835. The number of imide groups is 1. The number of nitrogens with zero attached hydrogens (tertiary/aromatic N) is 3. The predicted octanol–water partition coefficient (Wildman–Crippen LogP) is 3.70. The minimum atomic E-state index is -0.986. The number of ether oxygens (including phenoxy) is 1. The maximum atomic E-state index is 12.0. The van der Waals surface area contributed by atoms with E-state index in [1.807, 2.05) is 19.9 Å². The first kappa shape index (κ1) is 18.4. The molecule has 3 rings (SSSR count). The van der Waals surface area contributed by atoms with Crippen LogP contribution in [0, 0.1) is 11.3 Å². The molecule has 27 heavy (non-hydrogen) atoms. The van der Waals surface area contributed by atoms with Crippen LogP contribution in [0.3, 0.4) is 0 Å². The number of rotatable bonds is 4. The number of benzene rings is 1. The molecule has 0 bridgehead atoms. The van der Waals surface area contributed by atoms with E-state index in [0.717, 1.165) is 5.56 Å². The normalized spacial score (nSPS) is 15.6. The van der Waals surface area contributed by atoms with Crippen molar-refractivity contribution in [3.8, 4) is 17.7 Å². The first-order chi connectivity index (χ1) is 12.7. The molecule has 138 valence electrons. The van der Waals surface area contributed by atoms with Gasteiger partial charge in [-0.1, -0.05) is 13.8 Å². The van der Waals surface area contributed by atoms with Crippen LogP contribution in [0.25, 0.3) is 0 Å². The fourth-order valence-electron chi connectivity index (χ4n) is 2.97. The van der Waals surface area contributed by atoms with Crippen molar-refractivity contribution in [1.29, 1.82) is 5.26 Å². The lowest BCUT2D eigenvalue weighted by Gasteiger charge is -2.27. The zero-order valence-electron chi connectivity index (χ0n) is 15.6. The van der Waals surface area contributed by atoms with Gasteiger partial charge in [0.15, 0.2) is 0 Å². The smallest absolute Gasteiger partial charge is 0.329 e. The Bertz CT molecular complexity index is 943. The van der Waals surface area contributed by atoms with Crippen LogP contribution in [-0.2, 0) is 4.79 Å². The Hall–Kier alpha value is -3.40. The van der Waals surface area contributed by atoms with Gasteiger partial charge in [0, 0.05) is 6.07 Å². The number of nitriles is 1. The van der Waals surface area contributed by atoms with Gasteiger partial charge in [0.05, 0.1) is 23.5 Å². The van der Waals surface area contributed by atoms with Crippen molar-refractivity contribution in [2.75, 3.05) is 4.90 Å². The van der Waals surface area contributed by atoms with Crippen LogP contribution in [0.5, 0.6) is 11.6 Å². The SMILES string of the molecule is CC(C)c1cc(Oc2ccc(N3C(=O)NC(=O)C3(C)C)cn2)ccc1C#N. The van der Waals surface area contributed by atoms with Crippen LogP contribution in [0.1, 0.15) is 44.7 Å². The summed E-state index contributed by atoms with van der Waals surface area (Å²) in [4.78, 5) is 29.5. The Morgan fingerprint density at radius 2 is 1.96 bits per heavy atom. The molecule has 1 aromatic carbocycles. The number of anilines is 1. The summed E-state index contributed by atoms with van der Waals surface area (Å²) in [5.41, 5.74) is 1.03. The molecule has 0 aliphatic carbocycles. The van der Waals surface area contributed by atoms with Gasteiger partial charge in [0.25, 0.3) is 5.91 Å². The first-order valence-corrected chi connectivity index (χ1v) is 8.57. The molecule has 3 amide bonds. The monoisotopic (exact) mass is 364 g/mol. The average molecular weight is 364 g/mol. The molecule has 0 unspecified atom stereocenters. The van der Waals surface area contributed by atoms with Gasteiger partial charge in [0.1, 0.15) is 11.3 Å². The summed E-state index contributed by atoms with van der Waals surface area (Å²) in [7, 11) is 0. The molecule has 0 spiro atoms. The Kier molecular flexibility index (Phi) is 4.58. The predicted molar refractivity (Wildman–Crippen MR) is 99.7 cm³/mol. The maximum Gasteiger partial charge on any atom is 0.329 e. The maximum absolute atomic E-state index is 12.0. The lowest BCUT2D eigenvalue weighted by molar-refractivity contribution is -0.122. The van der Waals surface area contributed by atoms with E-state index >= 15 is 0 Å². The van der Waals surface area contributed by atoms with Crippen molar-refractivity contribution in [2.24, 2.45) is 0 Å². The molecular weight excluding hydrogens is 344 g/mol. The van der Waals surface area contributed by atoms with Crippen molar-refractivity contribution >= 4 is 17.6 Å². The number of nitrogens with one attached hydrogen (secondary N) is 1. The number of carbonyl (C=O) groups is 2. The highest BCUT2D eigenvalue weighted by atomic mass is 16.5. The molecule has 2 aromatic rings. The average Bonchev–Trinajstić information content (AvgIpc) is 2.83. The van der Waals surface area contributed by atoms with Crippen LogP contribution < -0.4 is 15.0 Å². The number of hydrogen-bond acceptors (Lipinski definition) is 5. The molecular formula is C20H20N4O3. The fourth-order valence-corrected chi connectivity index (χ4v) is 2.97. The van der Waals surface area contributed by atoms with Crippen molar-refractivity contribution in [1.82, 2.24) is 10.3 Å². The zero-order chi connectivity index (χ0) is 19.8. The van der Waals surface area contributed by atoms with Crippen LogP contribution in [0.2, 0.25) is 0 Å². The van der Waals surface area contributed by atoms with Gasteiger partial charge < -0.3 is 4.74 Å². The summed E-state index contributed by atoms with van der Waals surface area (Å²) in [6.07, 6.45) is 1.49. The minimum Gasteiger partial charge on any atom is -0.439 e. The van der Waals surface area contributed by atoms with Crippen molar-refractivity contribution in [3.63, 3.8) is 0 Å². The third-order valence-electron chi connectivity index (χ3n) is 4.51. The molecule has 1 saturated heterocycles. The lowest BCUT2D eigenvalue weighted by atomic mass is 9.98. The zero-order valence-corrected chi connectivity index (χ0v) is 15.6. The molecule has 0 saturated carbocycles. The van der Waals surface area contributed by atoms with E-state index < -0.39 is 11.6 Å². The second kappa shape index (κ2) is 6.72. The van der Waals surface area contributed by atoms with Crippen LogP contribution in [0.15, 0.2) is 36.5 Å². The summed E-state index contributed by atoms with van der Waals surface area (Å²) in [6, 6.07) is 10.3. The topological polar surface area (TPSA) is 95.3 Å². The summed E-state index contributed by atoms with van der Waals surface area (Å²) in [5.74, 6) is 0.757. The molecule has 0 radical (unpaired) electrons. The number of amides is 3. The number of aromatic nitrogens is 1. The number of hydrogen-bond donors (Lipinski definition) is 1. The molecule has 1 aliphatic rings. The standard InChI is InChI=1S/C20H20N4O3/c1-12(2)16-9-15(7-5-13(16)10-21)27-17-8-6-14(11-22-17)24-19(26)23-18(25)20(24,3)4/h5-9,11-12H,1-4H3,(H,23,25,26). The Morgan fingerprint density at radius 1 is 1.22 bits per heavy atom. The Morgan fingerprint density at radius 3 is 2.48 bits per heavy atom. The summed E-state index contributed by atoms with van der Waals surface area (Å²) >= 11 is 0. The minimum absolute atomic E-state index is 0.187. The molecule has 1 N–H and O–H groups in total. The van der Waals surface area contributed by atoms with Gasteiger partial charge in [-0.2, -0.15) is 5.26 Å². The van der Waals surface area contributed by atoms with Crippen molar-refractivity contribution in [2.45, 2.75) is 39.2 Å². The largest absolute Gasteiger partial charge is 0.439 e. The fraction of sp³-hybridized carbons (Fsp3) is 0.300. The number of pyridine rings is 1. The van der Waals surface area contributed by atoms with Crippen LogP contribution in [0.4, 0.5) is 10.5 Å². The van der Waals surface area contributed by atoms with Crippen molar-refractivity contribution in [3.05, 3.63) is 47.7 Å². The summed E-state index contributed by atoms with van der Waals surface area (Å²) in [6.45, 7) is 7.36. The van der Waals surface area contributed by atoms with Gasteiger partial charge in [-0.15, -0.1) is 0 Å². The molecule has 0 atom stereocenters. The van der Waals surface area contributed by atoms with Crippen molar-refractivity contribution < 1.29 is 14.3 Å². The molecule has 1 aromatic heterocycles. The van der Waals surface area contributed by atoms with E-state index in [1.54, 1.807) is 38.1 Å².